The van der Waals surface area contributed by atoms with E-state index < -0.39 is 0 Å². The van der Waals surface area contributed by atoms with Crippen molar-refractivity contribution in [2.75, 3.05) is 5.32 Å². The molecule has 2 aromatic heterocycles. The lowest BCUT2D eigenvalue weighted by atomic mass is 9.68. The van der Waals surface area contributed by atoms with Crippen LogP contribution in [-0.2, 0) is 5.54 Å². The summed E-state index contributed by atoms with van der Waals surface area (Å²) in [7, 11) is 0. The normalized spacial score (nSPS) is 20.6. The van der Waals surface area contributed by atoms with Crippen LogP contribution in [-0.4, -0.2) is 26.6 Å². The minimum Gasteiger partial charge on any atom is -0.335 e. The number of fused-ring (bicyclic) bond motifs is 5. The second-order valence-corrected chi connectivity index (χ2v) is 8.25. The number of urea groups is 1. The van der Waals surface area contributed by atoms with Crippen molar-refractivity contribution in [3.8, 4) is 22.4 Å². The Labute approximate surface area is 180 Å². The van der Waals surface area contributed by atoms with Crippen molar-refractivity contribution in [1.82, 2.24) is 19.9 Å². The van der Waals surface area contributed by atoms with Crippen LogP contribution in [0.15, 0.2) is 85.6 Å². The van der Waals surface area contributed by atoms with Crippen molar-refractivity contribution in [2.45, 2.75) is 24.4 Å². The summed E-state index contributed by atoms with van der Waals surface area (Å²) in [5.74, 6) is 0. The summed E-state index contributed by atoms with van der Waals surface area (Å²) in [6, 6.07) is 20.2. The first-order valence-corrected chi connectivity index (χ1v) is 10.4. The van der Waals surface area contributed by atoms with Crippen molar-refractivity contribution in [3.05, 3.63) is 91.1 Å². The first-order valence-electron chi connectivity index (χ1n) is 10.4. The first kappa shape index (κ1) is 17.9. The average Bonchev–Trinajstić information content (AvgIpc) is 3.36. The molecule has 3 heterocycles. The van der Waals surface area contributed by atoms with Gasteiger partial charge in [0.05, 0.1) is 23.8 Å². The Hall–Kier alpha value is -3.93. The molecule has 6 heteroatoms. The summed E-state index contributed by atoms with van der Waals surface area (Å²) in [5.41, 5.74) is 6.53. The summed E-state index contributed by atoms with van der Waals surface area (Å²) >= 11 is 0. The fourth-order valence-electron chi connectivity index (χ4n) is 4.98. The van der Waals surface area contributed by atoms with Gasteiger partial charge in [0, 0.05) is 29.7 Å². The van der Waals surface area contributed by atoms with Gasteiger partial charge in [-0.3, -0.25) is 4.98 Å². The van der Waals surface area contributed by atoms with Gasteiger partial charge in [-0.2, -0.15) is 0 Å². The molecule has 0 atom stereocenters. The molecule has 1 fully saturated rings. The zero-order chi connectivity index (χ0) is 20.8. The fraction of sp³-hybridized carbons (Fsp3) is 0.160. The smallest absolute Gasteiger partial charge is 0.319 e. The second kappa shape index (κ2) is 6.80. The van der Waals surface area contributed by atoms with Crippen LogP contribution in [0.2, 0.25) is 0 Å². The van der Waals surface area contributed by atoms with Gasteiger partial charge in [0.1, 0.15) is 0 Å². The Kier molecular flexibility index (Phi) is 3.93. The predicted octanol–water partition coefficient (Wildman–Crippen LogP) is 4.65. The van der Waals surface area contributed by atoms with Gasteiger partial charge in [-0.1, -0.05) is 42.5 Å². The summed E-state index contributed by atoms with van der Waals surface area (Å²) in [4.78, 5) is 21.1. The van der Waals surface area contributed by atoms with Crippen LogP contribution in [0.4, 0.5) is 10.5 Å². The van der Waals surface area contributed by atoms with E-state index in [0.29, 0.717) is 0 Å². The highest BCUT2D eigenvalue weighted by Gasteiger charge is 2.52. The third kappa shape index (κ3) is 2.83. The second-order valence-electron chi connectivity index (χ2n) is 8.25. The standard InChI is InChI=1S/C25H21N5O/c31-24(28-19-9-7-17(8-10-19)18-4-3-11-26-14-18)29-20-12-25(13-20)22-6-2-1-5-21(22)23-15-27-16-30(23)25/h1-11,14-16,20H,12-13H2,(H2,28,29,31). The molecule has 1 spiro atoms. The van der Waals surface area contributed by atoms with Crippen LogP contribution in [0.1, 0.15) is 18.4 Å². The van der Waals surface area contributed by atoms with Gasteiger partial charge in [-0.05, 0) is 47.7 Å². The molecule has 0 saturated heterocycles. The molecule has 2 aliphatic rings. The molecule has 2 amide bonds. The number of carbonyl (C=O) groups excluding carboxylic acids is 1. The molecule has 0 bridgehead atoms. The molecule has 1 saturated carbocycles. The van der Waals surface area contributed by atoms with Crippen LogP contribution in [0.25, 0.3) is 22.4 Å². The van der Waals surface area contributed by atoms with Gasteiger partial charge in [0.25, 0.3) is 0 Å². The largest absolute Gasteiger partial charge is 0.335 e. The number of benzene rings is 2. The lowest BCUT2D eigenvalue weighted by Crippen LogP contribution is -2.56. The van der Waals surface area contributed by atoms with Crippen LogP contribution in [0, 0.1) is 0 Å². The van der Waals surface area contributed by atoms with Crippen LogP contribution >= 0.6 is 0 Å². The zero-order valence-corrected chi connectivity index (χ0v) is 16.8. The van der Waals surface area contributed by atoms with Gasteiger partial charge in [0.2, 0.25) is 0 Å². The van der Waals surface area contributed by atoms with Crippen molar-refractivity contribution in [3.63, 3.8) is 0 Å². The van der Waals surface area contributed by atoms with E-state index in [4.69, 9.17) is 0 Å². The predicted molar refractivity (Wildman–Crippen MR) is 120 cm³/mol. The Morgan fingerprint density at radius 3 is 2.58 bits per heavy atom. The Balaban J connectivity index is 1.12. The van der Waals surface area contributed by atoms with Crippen LogP contribution in [0.5, 0.6) is 0 Å². The molecule has 2 aromatic carbocycles. The monoisotopic (exact) mass is 407 g/mol. The lowest BCUT2D eigenvalue weighted by molar-refractivity contribution is 0.149. The van der Waals surface area contributed by atoms with E-state index in [2.05, 4.69) is 49.4 Å². The lowest BCUT2D eigenvalue weighted by Gasteiger charge is -2.47. The number of anilines is 1. The van der Waals surface area contributed by atoms with Crippen LogP contribution in [0.3, 0.4) is 0 Å². The van der Waals surface area contributed by atoms with Crippen molar-refractivity contribution in [2.24, 2.45) is 0 Å². The molecule has 6 nitrogen and oxygen atoms in total. The summed E-state index contributed by atoms with van der Waals surface area (Å²) < 4.78 is 2.27. The highest BCUT2D eigenvalue weighted by molar-refractivity contribution is 5.90. The van der Waals surface area contributed by atoms with E-state index in [0.717, 1.165) is 35.3 Å². The third-order valence-electron chi connectivity index (χ3n) is 6.45. The molecule has 31 heavy (non-hydrogen) atoms. The van der Waals surface area contributed by atoms with Crippen molar-refractivity contribution >= 4 is 11.7 Å². The minimum atomic E-state index is -0.175. The summed E-state index contributed by atoms with van der Waals surface area (Å²) in [6.45, 7) is 0. The maximum Gasteiger partial charge on any atom is 0.319 e. The van der Waals surface area contributed by atoms with Gasteiger partial charge >= 0.3 is 6.03 Å². The number of amides is 2. The van der Waals surface area contributed by atoms with E-state index in [1.807, 2.05) is 55.1 Å². The first-order chi connectivity index (χ1) is 15.2. The molecule has 6 rings (SSSR count). The number of rotatable bonds is 3. The number of pyridine rings is 1. The highest BCUT2D eigenvalue weighted by atomic mass is 16.2. The molecule has 152 valence electrons. The zero-order valence-electron chi connectivity index (χ0n) is 16.8. The van der Waals surface area contributed by atoms with Gasteiger partial charge in [0.15, 0.2) is 0 Å². The summed E-state index contributed by atoms with van der Waals surface area (Å²) in [5, 5.41) is 6.07. The van der Waals surface area contributed by atoms with E-state index in [9.17, 15) is 4.79 Å². The average molecular weight is 407 g/mol. The maximum atomic E-state index is 12.6. The number of carbonyl (C=O) groups is 1. The maximum absolute atomic E-state index is 12.6. The molecule has 0 radical (unpaired) electrons. The summed E-state index contributed by atoms with van der Waals surface area (Å²) in [6.07, 6.45) is 9.15. The Bertz CT molecular complexity index is 1260. The number of imidazole rings is 1. The SMILES string of the molecule is O=C(Nc1ccc(-c2cccnc2)cc1)NC1CC2(C1)c1ccccc1-c1cncn12. The number of aromatic nitrogens is 3. The Morgan fingerprint density at radius 2 is 1.77 bits per heavy atom. The van der Waals surface area contributed by atoms with Gasteiger partial charge < -0.3 is 15.2 Å². The Morgan fingerprint density at radius 1 is 0.935 bits per heavy atom. The molecule has 2 N–H and O–H groups in total. The van der Waals surface area contributed by atoms with E-state index >= 15 is 0 Å². The third-order valence-corrected chi connectivity index (χ3v) is 6.45. The van der Waals surface area contributed by atoms with E-state index in [-0.39, 0.29) is 17.6 Å². The number of nitrogens with zero attached hydrogens (tertiary/aromatic N) is 3. The molecular weight excluding hydrogens is 386 g/mol. The van der Waals surface area contributed by atoms with E-state index in [1.54, 1.807) is 6.20 Å². The van der Waals surface area contributed by atoms with Crippen molar-refractivity contribution in [1.29, 1.82) is 0 Å². The highest BCUT2D eigenvalue weighted by Crippen LogP contribution is 2.54. The van der Waals surface area contributed by atoms with E-state index in [1.165, 1.54) is 11.1 Å². The van der Waals surface area contributed by atoms with Gasteiger partial charge in [-0.25, -0.2) is 9.78 Å². The topological polar surface area (TPSA) is 71.8 Å². The molecular formula is C25H21N5O. The quantitative estimate of drug-likeness (QED) is 0.519. The molecule has 1 aliphatic heterocycles. The molecule has 1 aliphatic carbocycles. The molecule has 0 unspecified atom stereocenters. The number of nitrogens with one attached hydrogen (secondary N) is 2. The van der Waals surface area contributed by atoms with Crippen molar-refractivity contribution < 1.29 is 4.79 Å². The number of hydrogen-bond acceptors (Lipinski definition) is 3. The van der Waals surface area contributed by atoms with Gasteiger partial charge in [-0.15, -0.1) is 0 Å². The van der Waals surface area contributed by atoms with Crippen LogP contribution < -0.4 is 10.6 Å². The fourth-order valence-corrected chi connectivity index (χ4v) is 4.98. The number of hydrogen-bond donors (Lipinski definition) is 2. The minimum absolute atomic E-state index is 0.0915. The molecule has 4 aromatic rings.